The van der Waals surface area contributed by atoms with Crippen molar-refractivity contribution >= 4 is 11.6 Å². The lowest BCUT2D eigenvalue weighted by Crippen LogP contribution is -2.10. The van der Waals surface area contributed by atoms with Gasteiger partial charge in [-0.25, -0.2) is 0 Å². The Labute approximate surface area is 107 Å². The number of aryl methyl sites for hydroxylation is 1. The number of anilines is 1. The maximum absolute atomic E-state index is 11.7. The molecule has 3 heteroatoms. The Morgan fingerprint density at radius 3 is 2.61 bits per heavy atom. The minimum Gasteiger partial charge on any atom is -0.459 e. The highest BCUT2D eigenvalue weighted by atomic mass is 16.3. The number of rotatable bonds is 5. The number of benzene rings is 1. The lowest BCUT2D eigenvalue weighted by Gasteiger charge is -2.05. The summed E-state index contributed by atoms with van der Waals surface area (Å²) in [5.74, 6) is 0.103. The number of furan rings is 1. The number of hydrogen-bond acceptors (Lipinski definition) is 2. The van der Waals surface area contributed by atoms with Crippen molar-refractivity contribution < 1.29 is 9.21 Å². The van der Waals surface area contributed by atoms with Crippen LogP contribution >= 0.6 is 0 Å². The van der Waals surface area contributed by atoms with Gasteiger partial charge in [-0.1, -0.05) is 25.5 Å². The van der Waals surface area contributed by atoms with Gasteiger partial charge in [0.15, 0.2) is 5.76 Å². The summed E-state index contributed by atoms with van der Waals surface area (Å²) in [7, 11) is 0. The van der Waals surface area contributed by atoms with E-state index in [1.165, 1.54) is 24.7 Å². The zero-order valence-corrected chi connectivity index (χ0v) is 10.5. The highest BCUT2D eigenvalue weighted by Crippen LogP contribution is 2.13. The van der Waals surface area contributed by atoms with Crippen molar-refractivity contribution in [3.8, 4) is 0 Å². The topological polar surface area (TPSA) is 42.2 Å². The summed E-state index contributed by atoms with van der Waals surface area (Å²) in [4.78, 5) is 11.7. The largest absolute Gasteiger partial charge is 0.459 e. The van der Waals surface area contributed by atoms with Crippen molar-refractivity contribution in [2.45, 2.75) is 26.2 Å². The summed E-state index contributed by atoms with van der Waals surface area (Å²) in [5.41, 5.74) is 2.09. The van der Waals surface area contributed by atoms with E-state index in [0.717, 1.165) is 12.1 Å². The molecule has 1 amide bonds. The highest BCUT2D eigenvalue weighted by Gasteiger charge is 2.08. The van der Waals surface area contributed by atoms with Gasteiger partial charge in [-0.15, -0.1) is 0 Å². The molecule has 1 N–H and O–H groups in total. The molecule has 0 aliphatic rings. The van der Waals surface area contributed by atoms with Gasteiger partial charge in [-0.05, 0) is 42.7 Å². The lowest BCUT2D eigenvalue weighted by molar-refractivity contribution is 0.0996. The second-order valence-corrected chi connectivity index (χ2v) is 4.23. The highest BCUT2D eigenvalue weighted by molar-refractivity contribution is 6.02. The first-order valence-electron chi connectivity index (χ1n) is 6.23. The summed E-state index contributed by atoms with van der Waals surface area (Å²) in [5, 5.41) is 2.79. The number of amides is 1. The molecule has 0 unspecified atom stereocenters. The van der Waals surface area contributed by atoms with Crippen LogP contribution in [0.1, 0.15) is 35.9 Å². The Kier molecular flexibility index (Phi) is 4.18. The van der Waals surface area contributed by atoms with Gasteiger partial charge in [0.1, 0.15) is 0 Å². The molecular weight excluding hydrogens is 226 g/mol. The molecule has 0 saturated heterocycles. The van der Waals surface area contributed by atoms with Crippen molar-refractivity contribution in [1.82, 2.24) is 0 Å². The molecule has 1 aromatic heterocycles. The quantitative estimate of drug-likeness (QED) is 0.866. The molecule has 0 radical (unpaired) electrons. The van der Waals surface area contributed by atoms with Gasteiger partial charge in [0.05, 0.1) is 6.26 Å². The molecule has 0 atom stereocenters. The standard InChI is InChI=1S/C15H17NO2/c1-2-3-5-12-7-9-13(10-8-12)16-15(17)14-6-4-11-18-14/h4,6-11H,2-3,5H2,1H3,(H,16,17). The molecule has 2 aromatic rings. The van der Waals surface area contributed by atoms with Gasteiger partial charge in [0.25, 0.3) is 5.91 Å². The van der Waals surface area contributed by atoms with E-state index < -0.39 is 0 Å². The second kappa shape index (κ2) is 6.05. The third kappa shape index (κ3) is 3.23. The Hall–Kier alpha value is -2.03. The Balaban J connectivity index is 1.96. The zero-order chi connectivity index (χ0) is 12.8. The first kappa shape index (κ1) is 12.4. The van der Waals surface area contributed by atoms with E-state index in [2.05, 4.69) is 12.2 Å². The zero-order valence-electron chi connectivity index (χ0n) is 10.5. The Bertz CT molecular complexity index is 486. The fraction of sp³-hybridized carbons (Fsp3) is 0.267. The third-order valence-electron chi connectivity index (χ3n) is 2.78. The summed E-state index contributed by atoms with van der Waals surface area (Å²) in [6, 6.07) is 11.3. The third-order valence-corrected chi connectivity index (χ3v) is 2.78. The van der Waals surface area contributed by atoms with Crippen LogP contribution in [0.15, 0.2) is 47.1 Å². The molecule has 2 rings (SSSR count). The predicted molar refractivity (Wildman–Crippen MR) is 71.7 cm³/mol. The van der Waals surface area contributed by atoms with E-state index in [-0.39, 0.29) is 5.91 Å². The average molecular weight is 243 g/mol. The van der Waals surface area contributed by atoms with Gasteiger partial charge in [-0.2, -0.15) is 0 Å². The fourth-order valence-electron chi connectivity index (χ4n) is 1.74. The van der Waals surface area contributed by atoms with Crippen LogP contribution in [0.5, 0.6) is 0 Å². The molecule has 0 spiro atoms. The van der Waals surface area contributed by atoms with Crippen molar-refractivity contribution in [3.63, 3.8) is 0 Å². The minimum absolute atomic E-state index is 0.221. The van der Waals surface area contributed by atoms with E-state index in [9.17, 15) is 4.79 Å². The number of carbonyl (C=O) groups is 1. The van der Waals surface area contributed by atoms with Crippen LogP contribution in [0.2, 0.25) is 0 Å². The van der Waals surface area contributed by atoms with Crippen LogP contribution in [0.3, 0.4) is 0 Å². The molecule has 94 valence electrons. The van der Waals surface area contributed by atoms with Gasteiger partial charge >= 0.3 is 0 Å². The van der Waals surface area contributed by atoms with Crippen LogP contribution in [0.4, 0.5) is 5.69 Å². The monoisotopic (exact) mass is 243 g/mol. The smallest absolute Gasteiger partial charge is 0.291 e. The van der Waals surface area contributed by atoms with Crippen LogP contribution in [-0.2, 0) is 6.42 Å². The van der Waals surface area contributed by atoms with E-state index in [1.54, 1.807) is 12.1 Å². The van der Waals surface area contributed by atoms with Crippen molar-refractivity contribution in [3.05, 3.63) is 54.0 Å². The number of hydrogen-bond donors (Lipinski definition) is 1. The minimum atomic E-state index is -0.221. The van der Waals surface area contributed by atoms with Gasteiger partial charge < -0.3 is 9.73 Å². The number of unbranched alkanes of at least 4 members (excludes halogenated alkanes) is 1. The van der Waals surface area contributed by atoms with Crippen LogP contribution in [-0.4, -0.2) is 5.91 Å². The SMILES string of the molecule is CCCCc1ccc(NC(=O)c2ccco2)cc1. The summed E-state index contributed by atoms with van der Waals surface area (Å²) in [6.45, 7) is 2.18. The van der Waals surface area contributed by atoms with Crippen LogP contribution in [0.25, 0.3) is 0 Å². The second-order valence-electron chi connectivity index (χ2n) is 4.23. The molecule has 0 fully saturated rings. The van der Waals surface area contributed by atoms with Gasteiger partial charge in [-0.3, -0.25) is 4.79 Å². The molecule has 0 saturated carbocycles. The first-order chi connectivity index (χ1) is 8.79. The number of nitrogens with one attached hydrogen (secondary N) is 1. The lowest BCUT2D eigenvalue weighted by atomic mass is 10.1. The molecule has 3 nitrogen and oxygen atoms in total. The van der Waals surface area contributed by atoms with E-state index >= 15 is 0 Å². The van der Waals surface area contributed by atoms with E-state index in [0.29, 0.717) is 5.76 Å². The maximum atomic E-state index is 11.7. The Morgan fingerprint density at radius 2 is 2.00 bits per heavy atom. The normalized spacial score (nSPS) is 10.3. The molecule has 18 heavy (non-hydrogen) atoms. The molecule has 0 bridgehead atoms. The fourth-order valence-corrected chi connectivity index (χ4v) is 1.74. The summed E-state index contributed by atoms with van der Waals surface area (Å²) < 4.78 is 5.03. The average Bonchev–Trinajstić information content (AvgIpc) is 2.92. The molecule has 1 heterocycles. The van der Waals surface area contributed by atoms with Crippen LogP contribution in [0, 0.1) is 0 Å². The maximum Gasteiger partial charge on any atom is 0.291 e. The summed E-state index contributed by atoms with van der Waals surface area (Å²) in [6.07, 6.45) is 4.96. The number of carbonyl (C=O) groups excluding carboxylic acids is 1. The molecule has 0 aliphatic heterocycles. The molecule has 0 aliphatic carbocycles. The predicted octanol–water partition coefficient (Wildman–Crippen LogP) is 3.87. The summed E-state index contributed by atoms with van der Waals surface area (Å²) >= 11 is 0. The first-order valence-corrected chi connectivity index (χ1v) is 6.23. The molecule has 1 aromatic carbocycles. The Morgan fingerprint density at radius 1 is 1.22 bits per heavy atom. The van der Waals surface area contributed by atoms with E-state index in [1.807, 2.05) is 24.3 Å². The van der Waals surface area contributed by atoms with Crippen molar-refractivity contribution in [1.29, 1.82) is 0 Å². The molecular formula is C15H17NO2. The van der Waals surface area contributed by atoms with Crippen molar-refractivity contribution in [2.75, 3.05) is 5.32 Å². The van der Waals surface area contributed by atoms with Crippen molar-refractivity contribution in [2.24, 2.45) is 0 Å². The van der Waals surface area contributed by atoms with Gasteiger partial charge in [0.2, 0.25) is 0 Å². The van der Waals surface area contributed by atoms with Crippen LogP contribution < -0.4 is 5.32 Å². The van der Waals surface area contributed by atoms with Gasteiger partial charge in [0, 0.05) is 5.69 Å². The van der Waals surface area contributed by atoms with E-state index in [4.69, 9.17) is 4.42 Å².